The van der Waals surface area contributed by atoms with E-state index in [1.54, 1.807) is 0 Å². The van der Waals surface area contributed by atoms with Crippen molar-refractivity contribution in [3.05, 3.63) is 29.8 Å². The van der Waals surface area contributed by atoms with Crippen LogP contribution in [0.2, 0.25) is 0 Å². The molecule has 0 radical (unpaired) electrons. The van der Waals surface area contributed by atoms with Gasteiger partial charge in [0.15, 0.2) is 6.61 Å². The molecule has 0 aromatic heterocycles. The maximum absolute atomic E-state index is 12.3. The quantitative estimate of drug-likeness (QED) is 0.832. The summed E-state index contributed by atoms with van der Waals surface area (Å²) in [5, 5.41) is 8.66. The summed E-state index contributed by atoms with van der Waals surface area (Å²) in [6.07, 6.45) is 5.73. The van der Waals surface area contributed by atoms with Gasteiger partial charge in [0.2, 0.25) is 0 Å². The number of ether oxygens (including phenoxy) is 1. The largest absolute Gasteiger partial charge is 0.484 e. The van der Waals surface area contributed by atoms with Crippen LogP contribution in [0.15, 0.2) is 24.3 Å². The van der Waals surface area contributed by atoms with E-state index in [-0.39, 0.29) is 12.5 Å². The molecule has 0 spiro atoms. The highest BCUT2D eigenvalue weighted by atomic mass is 16.5. The Kier molecular flexibility index (Phi) is 5.71. The number of nitrogens with zero attached hydrogens (tertiary/aromatic N) is 3. The van der Waals surface area contributed by atoms with Gasteiger partial charge < -0.3 is 9.64 Å². The van der Waals surface area contributed by atoms with E-state index in [0.29, 0.717) is 12.2 Å². The lowest BCUT2D eigenvalue weighted by molar-refractivity contribution is -0.135. The summed E-state index contributed by atoms with van der Waals surface area (Å²) in [6, 6.07) is 10.2. The second-order valence-corrected chi connectivity index (χ2v) is 6.62. The fourth-order valence-corrected chi connectivity index (χ4v) is 3.64. The summed E-state index contributed by atoms with van der Waals surface area (Å²) >= 11 is 0. The first-order chi connectivity index (χ1) is 11.8. The Morgan fingerprint density at radius 1 is 1.12 bits per heavy atom. The van der Waals surface area contributed by atoms with Crippen molar-refractivity contribution in [2.45, 2.75) is 38.1 Å². The van der Waals surface area contributed by atoms with E-state index in [4.69, 9.17) is 10.00 Å². The number of nitriles is 1. The Labute approximate surface area is 143 Å². The van der Waals surface area contributed by atoms with Gasteiger partial charge in [-0.3, -0.25) is 9.69 Å². The third kappa shape index (κ3) is 4.27. The second-order valence-electron chi connectivity index (χ2n) is 6.62. The van der Waals surface area contributed by atoms with Crippen LogP contribution in [0, 0.1) is 11.3 Å². The van der Waals surface area contributed by atoms with Crippen LogP contribution in [0.1, 0.15) is 31.2 Å². The number of benzene rings is 1. The van der Waals surface area contributed by atoms with Crippen molar-refractivity contribution in [3.63, 3.8) is 0 Å². The van der Waals surface area contributed by atoms with E-state index < -0.39 is 0 Å². The van der Waals surface area contributed by atoms with Crippen LogP contribution in [0.25, 0.3) is 0 Å². The first kappa shape index (κ1) is 16.8. The third-order valence-corrected chi connectivity index (χ3v) is 5.08. The van der Waals surface area contributed by atoms with Crippen molar-refractivity contribution in [2.24, 2.45) is 0 Å². The molecule has 0 unspecified atom stereocenters. The van der Waals surface area contributed by atoms with Crippen LogP contribution < -0.4 is 4.74 Å². The first-order valence-corrected chi connectivity index (χ1v) is 8.87. The van der Waals surface area contributed by atoms with Gasteiger partial charge in [0.25, 0.3) is 5.91 Å². The molecule has 1 aliphatic heterocycles. The molecule has 1 aliphatic carbocycles. The molecule has 3 rings (SSSR count). The molecule has 1 aromatic rings. The van der Waals surface area contributed by atoms with Crippen molar-refractivity contribution < 1.29 is 9.53 Å². The highest BCUT2D eigenvalue weighted by molar-refractivity contribution is 5.77. The van der Waals surface area contributed by atoms with Crippen molar-refractivity contribution in [2.75, 3.05) is 32.8 Å². The zero-order valence-electron chi connectivity index (χ0n) is 14.1. The minimum Gasteiger partial charge on any atom is -0.484 e. The van der Waals surface area contributed by atoms with Crippen LogP contribution in [-0.4, -0.2) is 54.5 Å². The van der Waals surface area contributed by atoms with E-state index >= 15 is 0 Å². The maximum Gasteiger partial charge on any atom is 0.260 e. The fourth-order valence-electron chi connectivity index (χ4n) is 3.64. The van der Waals surface area contributed by atoms with Crippen LogP contribution in [0.4, 0.5) is 0 Å². The monoisotopic (exact) mass is 327 g/mol. The number of hydrogen-bond acceptors (Lipinski definition) is 4. The molecule has 5 nitrogen and oxygen atoms in total. The lowest BCUT2D eigenvalue weighted by atomic mass is 10.2. The van der Waals surface area contributed by atoms with Gasteiger partial charge in [-0.25, -0.2) is 0 Å². The van der Waals surface area contributed by atoms with Gasteiger partial charge in [-0.2, -0.15) is 5.26 Å². The molecule has 1 heterocycles. The summed E-state index contributed by atoms with van der Waals surface area (Å²) in [6.45, 7) is 3.67. The Morgan fingerprint density at radius 2 is 1.79 bits per heavy atom. The molecule has 2 aliphatic rings. The standard InChI is InChI=1S/C19H25N3O2/c20-10-9-16-5-7-18(8-6-16)24-15-19(23)22-13-11-21(12-14-22)17-3-1-2-4-17/h5-8,17H,1-4,9,11-15H2. The topological polar surface area (TPSA) is 56.6 Å². The van der Waals surface area contributed by atoms with Gasteiger partial charge in [-0.1, -0.05) is 25.0 Å². The Bertz CT molecular complexity index is 580. The smallest absolute Gasteiger partial charge is 0.260 e. The molecule has 1 saturated carbocycles. The number of carbonyl (C=O) groups is 1. The molecule has 0 N–H and O–H groups in total. The molecular formula is C19H25N3O2. The molecule has 24 heavy (non-hydrogen) atoms. The summed E-state index contributed by atoms with van der Waals surface area (Å²) in [5.74, 6) is 0.733. The molecule has 1 saturated heterocycles. The van der Waals surface area contributed by atoms with E-state index in [1.165, 1.54) is 25.7 Å². The van der Waals surface area contributed by atoms with Crippen LogP contribution >= 0.6 is 0 Å². The van der Waals surface area contributed by atoms with Crippen molar-refractivity contribution in [1.82, 2.24) is 9.80 Å². The Morgan fingerprint density at radius 3 is 2.42 bits per heavy atom. The molecule has 2 fully saturated rings. The average molecular weight is 327 g/mol. The predicted molar refractivity (Wildman–Crippen MR) is 91.7 cm³/mol. The van der Waals surface area contributed by atoms with Crippen LogP contribution in [-0.2, 0) is 11.2 Å². The first-order valence-electron chi connectivity index (χ1n) is 8.87. The van der Waals surface area contributed by atoms with Gasteiger partial charge >= 0.3 is 0 Å². The van der Waals surface area contributed by atoms with E-state index in [1.807, 2.05) is 29.2 Å². The molecule has 5 heteroatoms. The SMILES string of the molecule is N#CCc1ccc(OCC(=O)N2CCN(C3CCCC3)CC2)cc1. The number of amides is 1. The van der Waals surface area contributed by atoms with Crippen molar-refractivity contribution in [3.8, 4) is 11.8 Å². The molecule has 1 amide bonds. The second kappa shape index (κ2) is 8.16. The molecule has 1 aromatic carbocycles. The fraction of sp³-hybridized carbons (Fsp3) is 0.579. The lowest BCUT2D eigenvalue weighted by Gasteiger charge is -2.38. The zero-order chi connectivity index (χ0) is 16.8. The molecular weight excluding hydrogens is 302 g/mol. The Balaban J connectivity index is 1.41. The third-order valence-electron chi connectivity index (χ3n) is 5.08. The number of hydrogen-bond donors (Lipinski definition) is 0. The van der Waals surface area contributed by atoms with E-state index in [9.17, 15) is 4.79 Å². The number of carbonyl (C=O) groups excluding carboxylic acids is 1. The minimum absolute atomic E-state index is 0.0576. The van der Waals surface area contributed by atoms with E-state index in [2.05, 4.69) is 11.0 Å². The van der Waals surface area contributed by atoms with Gasteiger partial charge in [0.1, 0.15) is 5.75 Å². The van der Waals surface area contributed by atoms with Gasteiger partial charge in [0, 0.05) is 32.2 Å². The highest BCUT2D eigenvalue weighted by Crippen LogP contribution is 2.24. The zero-order valence-corrected chi connectivity index (χ0v) is 14.1. The van der Waals surface area contributed by atoms with Crippen molar-refractivity contribution >= 4 is 5.91 Å². The number of piperazine rings is 1. The van der Waals surface area contributed by atoms with Gasteiger partial charge in [-0.05, 0) is 30.5 Å². The Hall–Kier alpha value is -2.06. The van der Waals surface area contributed by atoms with Crippen LogP contribution in [0.3, 0.4) is 0 Å². The molecule has 128 valence electrons. The van der Waals surface area contributed by atoms with Crippen LogP contribution in [0.5, 0.6) is 5.75 Å². The molecule has 0 atom stereocenters. The lowest BCUT2D eigenvalue weighted by Crippen LogP contribution is -2.52. The number of rotatable bonds is 5. The normalized spacial score (nSPS) is 19.2. The summed E-state index contributed by atoms with van der Waals surface area (Å²) in [4.78, 5) is 16.8. The van der Waals surface area contributed by atoms with Gasteiger partial charge in [-0.15, -0.1) is 0 Å². The average Bonchev–Trinajstić information content (AvgIpc) is 3.16. The summed E-state index contributed by atoms with van der Waals surface area (Å²) < 4.78 is 5.59. The van der Waals surface area contributed by atoms with Gasteiger partial charge in [0.05, 0.1) is 12.5 Å². The molecule has 0 bridgehead atoms. The summed E-state index contributed by atoms with van der Waals surface area (Å²) in [5.41, 5.74) is 0.958. The maximum atomic E-state index is 12.3. The minimum atomic E-state index is 0.0576. The predicted octanol–water partition coefficient (Wildman–Crippen LogP) is 2.22. The van der Waals surface area contributed by atoms with E-state index in [0.717, 1.165) is 37.8 Å². The highest BCUT2D eigenvalue weighted by Gasteiger charge is 2.27. The van der Waals surface area contributed by atoms with Crippen molar-refractivity contribution in [1.29, 1.82) is 5.26 Å². The summed E-state index contributed by atoms with van der Waals surface area (Å²) in [7, 11) is 0.